The highest BCUT2D eigenvalue weighted by Crippen LogP contribution is 2.17. The molecule has 0 aliphatic heterocycles. The molecule has 3 rings (SSSR count). The second-order valence-corrected chi connectivity index (χ2v) is 5.88. The zero-order valence-electron chi connectivity index (χ0n) is 11.9. The van der Waals surface area contributed by atoms with Crippen LogP contribution < -0.4 is 10.7 Å². The molecule has 0 radical (unpaired) electrons. The molecule has 0 bridgehead atoms. The molecular weight excluding hydrogens is 280 g/mol. The fraction of sp³-hybridized carbons (Fsp3) is 0.375. The lowest BCUT2D eigenvalue weighted by Gasteiger charge is -2.23. The number of hydrazone groups is 1. The van der Waals surface area contributed by atoms with Gasteiger partial charge in [0.05, 0.1) is 6.21 Å². The van der Waals surface area contributed by atoms with Crippen LogP contribution in [0, 0.1) is 0 Å². The van der Waals surface area contributed by atoms with Gasteiger partial charge in [-0.1, -0.05) is 37.5 Å². The lowest BCUT2D eigenvalue weighted by Crippen LogP contribution is -2.40. The van der Waals surface area contributed by atoms with E-state index in [0.29, 0.717) is 11.2 Å². The van der Waals surface area contributed by atoms with Crippen LogP contribution in [0.1, 0.15) is 37.7 Å². The Hall–Kier alpha value is -1.88. The minimum absolute atomic E-state index is 0.502. The van der Waals surface area contributed by atoms with Gasteiger partial charge in [-0.2, -0.15) is 5.10 Å². The predicted molar refractivity (Wildman–Crippen MR) is 91.6 cm³/mol. The maximum atomic E-state index is 5.28. The van der Waals surface area contributed by atoms with Gasteiger partial charge >= 0.3 is 0 Å². The molecule has 0 amide bonds. The molecule has 110 valence electrons. The van der Waals surface area contributed by atoms with Crippen LogP contribution in [0.4, 0.5) is 0 Å². The highest BCUT2D eigenvalue weighted by Gasteiger charge is 2.13. The molecule has 1 aliphatic carbocycles. The molecule has 1 fully saturated rings. The van der Waals surface area contributed by atoms with E-state index in [-0.39, 0.29) is 0 Å². The van der Waals surface area contributed by atoms with Gasteiger partial charge in [0.25, 0.3) is 0 Å². The number of H-pyrrole nitrogens is 1. The summed E-state index contributed by atoms with van der Waals surface area (Å²) in [6.45, 7) is 0. The molecule has 0 saturated heterocycles. The molecule has 3 N–H and O–H groups in total. The largest absolute Gasteiger partial charge is 0.361 e. The molecule has 4 nitrogen and oxygen atoms in total. The maximum absolute atomic E-state index is 5.28. The van der Waals surface area contributed by atoms with Crippen molar-refractivity contribution in [2.75, 3.05) is 0 Å². The fourth-order valence-corrected chi connectivity index (χ4v) is 3.05. The van der Waals surface area contributed by atoms with Crippen molar-refractivity contribution in [3.63, 3.8) is 0 Å². The van der Waals surface area contributed by atoms with Gasteiger partial charge in [-0.3, -0.25) is 5.43 Å². The minimum atomic E-state index is 0.502. The summed E-state index contributed by atoms with van der Waals surface area (Å²) in [4.78, 5) is 3.22. The molecule has 1 saturated carbocycles. The highest BCUT2D eigenvalue weighted by atomic mass is 32.1. The second-order valence-electron chi connectivity index (χ2n) is 5.47. The number of thiocarbonyl (C=S) groups is 1. The summed E-state index contributed by atoms with van der Waals surface area (Å²) in [7, 11) is 0. The highest BCUT2D eigenvalue weighted by molar-refractivity contribution is 7.80. The van der Waals surface area contributed by atoms with Crippen LogP contribution in [0.3, 0.4) is 0 Å². The molecule has 5 heteroatoms. The second kappa shape index (κ2) is 6.72. The Balaban J connectivity index is 1.55. The third kappa shape index (κ3) is 3.61. The number of aromatic amines is 1. The molecule has 1 aromatic carbocycles. The molecule has 2 aromatic rings. The van der Waals surface area contributed by atoms with E-state index >= 15 is 0 Å². The Labute approximate surface area is 130 Å². The Kier molecular flexibility index (Phi) is 4.50. The van der Waals surface area contributed by atoms with Crippen LogP contribution >= 0.6 is 12.2 Å². The molecule has 1 aliphatic rings. The Morgan fingerprint density at radius 2 is 2.05 bits per heavy atom. The number of nitrogens with zero attached hydrogens (tertiary/aromatic N) is 1. The van der Waals surface area contributed by atoms with E-state index in [1.165, 1.54) is 32.1 Å². The van der Waals surface area contributed by atoms with Crippen LogP contribution in [0.15, 0.2) is 35.6 Å². The van der Waals surface area contributed by atoms with Gasteiger partial charge in [-0.25, -0.2) is 0 Å². The first kappa shape index (κ1) is 14.1. The van der Waals surface area contributed by atoms with Crippen molar-refractivity contribution in [1.29, 1.82) is 0 Å². The third-order valence-electron chi connectivity index (χ3n) is 3.93. The summed E-state index contributed by atoms with van der Waals surface area (Å²) in [5.41, 5.74) is 5.08. The summed E-state index contributed by atoms with van der Waals surface area (Å²) in [5, 5.41) is 9.34. The number of hydrogen-bond donors (Lipinski definition) is 3. The number of benzene rings is 1. The van der Waals surface area contributed by atoms with E-state index < -0.39 is 0 Å². The van der Waals surface area contributed by atoms with Crippen LogP contribution in [0.2, 0.25) is 0 Å². The summed E-state index contributed by atoms with van der Waals surface area (Å²) in [5.74, 6) is 0. The van der Waals surface area contributed by atoms with Crippen molar-refractivity contribution in [3.05, 3.63) is 36.0 Å². The van der Waals surface area contributed by atoms with Gasteiger partial charge in [0.1, 0.15) is 0 Å². The van der Waals surface area contributed by atoms with Gasteiger partial charge in [0.15, 0.2) is 5.11 Å². The first-order valence-electron chi connectivity index (χ1n) is 7.48. The minimum Gasteiger partial charge on any atom is -0.361 e. The standard InChI is InChI=1S/C16H20N4S/c21-16(19-13-6-2-1-3-7-13)20-18-11-12-10-17-15-9-5-4-8-14(12)15/h4-5,8-11,13,17H,1-3,6-7H2,(H2,19,20,21)/b18-11-. The number of aromatic nitrogens is 1. The Morgan fingerprint density at radius 1 is 1.24 bits per heavy atom. The van der Waals surface area contributed by atoms with Gasteiger partial charge < -0.3 is 10.3 Å². The maximum Gasteiger partial charge on any atom is 0.187 e. The van der Waals surface area contributed by atoms with E-state index in [1.807, 2.05) is 18.3 Å². The Morgan fingerprint density at radius 3 is 2.90 bits per heavy atom. The average molecular weight is 300 g/mol. The van der Waals surface area contributed by atoms with Gasteiger partial charge in [0, 0.05) is 28.7 Å². The molecule has 1 heterocycles. The summed E-state index contributed by atoms with van der Waals surface area (Å²) >= 11 is 5.28. The smallest absolute Gasteiger partial charge is 0.187 e. The number of hydrogen-bond acceptors (Lipinski definition) is 2. The van der Waals surface area contributed by atoms with E-state index in [2.05, 4.69) is 33.0 Å². The summed E-state index contributed by atoms with van der Waals surface area (Å²) in [6.07, 6.45) is 10.1. The third-order valence-corrected chi connectivity index (χ3v) is 4.14. The average Bonchev–Trinajstić information content (AvgIpc) is 2.92. The van der Waals surface area contributed by atoms with Crippen LogP contribution in [-0.2, 0) is 0 Å². The topological polar surface area (TPSA) is 52.2 Å². The lowest BCUT2D eigenvalue weighted by atomic mass is 9.96. The lowest BCUT2D eigenvalue weighted by molar-refractivity contribution is 0.412. The van der Waals surface area contributed by atoms with Crippen LogP contribution in [0.25, 0.3) is 10.9 Å². The zero-order valence-corrected chi connectivity index (χ0v) is 12.7. The Bertz CT molecular complexity index is 641. The van der Waals surface area contributed by atoms with Gasteiger partial charge in [-0.15, -0.1) is 0 Å². The molecule has 1 aromatic heterocycles. The van der Waals surface area contributed by atoms with Crippen molar-refractivity contribution in [2.24, 2.45) is 5.10 Å². The molecule has 0 atom stereocenters. The van der Waals surface area contributed by atoms with E-state index in [4.69, 9.17) is 12.2 Å². The number of nitrogens with one attached hydrogen (secondary N) is 3. The zero-order chi connectivity index (χ0) is 14.5. The van der Waals surface area contributed by atoms with Gasteiger partial charge in [-0.05, 0) is 31.1 Å². The van der Waals surface area contributed by atoms with Gasteiger partial charge in [0.2, 0.25) is 0 Å². The van der Waals surface area contributed by atoms with Crippen LogP contribution in [0.5, 0.6) is 0 Å². The summed E-state index contributed by atoms with van der Waals surface area (Å²) in [6, 6.07) is 8.67. The number of para-hydroxylation sites is 1. The quantitative estimate of drug-likeness (QED) is 0.463. The molecule has 0 spiro atoms. The SMILES string of the molecule is S=C(N/N=C\c1c[nH]c2ccccc12)NC1CCCCC1. The molecule has 0 unspecified atom stereocenters. The van der Waals surface area contributed by atoms with Crippen molar-refractivity contribution in [2.45, 2.75) is 38.1 Å². The van der Waals surface area contributed by atoms with Crippen molar-refractivity contribution < 1.29 is 0 Å². The normalized spacial score (nSPS) is 16.4. The molecule has 21 heavy (non-hydrogen) atoms. The predicted octanol–water partition coefficient (Wildman–Crippen LogP) is 3.30. The first-order valence-corrected chi connectivity index (χ1v) is 7.89. The first-order chi connectivity index (χ1) is 10.3. The van der Waals surface area contributed by atoms with E-state index in [0.717, 1.165) is 16.5 Å². The number of rotatable bonds is 3. The van der Waals surface area contributed by atoms with Crippen LogP contribution in [-0.4, -0.2) is 22.4 Å². The molecular formula is C16H20N4S. The monoisotopic (exact) mass is 300 g/mol. The fourth-order valence-electron chi connectivity index (χ4n) is 2.83. The van der Waals surface area contributed by atoms with Crippen molar-refractivity contribution >= 4 is 34.4 Å². The van der Waals surface area contributed by atoms with Crippen molar-refractivity contribution in [3.8, 4) is 0 Å². The van der Waals surface area contributed by atoms with Crippen molar-refractivity contribution in [1.82, 2.24) is 15.7 Å². The van der Waals surface area contributed by atoms with E-state index in [9.17, 15) is 0 Å². The summed E-state index contributed by atoms with van der Waals surface area (Å²) < 4.78 is 0. The number of fused-ring (bicyclic) bond motifs is 1. The van der Waals surface area contributed by atoms with E-state index in [1.54, 1.807) is 6.21 Å².